The van der Waals surface area contributed by atoms with Crippen molar-refractivity contribution >= 4 is 5.97 Å². The van der Waals surface area contributed by atoms with Gasteiger partial charge in [0.15, 0.2) is 0 Å². The Balaban J connectivity index is 2.65. The van der Waals surface area contributed by atoms with Crippen LogP contribution in [-0.4, -0.2) is 20.9 Å². The zero-order chi connectivity index (χ0) is 13.3. The van der Waals surface area contributed by atoms with Crippen molar-refractivity contribution in [2.75, 3.05) is 0 Å². The maximum Gasteiger partial charge on any atom is 0.339 e. The lowest BCUT2D eigenvalue weighted by molar-refractivity contribution is 0.0697. The number of benzene rings is 1. The lowest BCUT2D eigenvalue weighted by Crippen LogP contribution is -1.98. The highest BCUT2D eigenvalue weighted by Crippen LogP contribution is 2.25. The van der Waals surface area contributed by atoms with Gasteiger partial charge >= 0.3 is 5.97 Å². The molecule has 1 N–H and O–H groups in total. The number of aromatic carboxylic acids is 1. The lowest BCUT2D eigenvalue weighted by Gasteiger charge is -2.01. The molecule has 0 fully saturated rings. The first-order valence-electron chi connectivity index (χ1n) is 5.29. The first kappa shape index (κ1) is 12.2. The number of hydrogen-bond acceptors (Lipinski definition) is 2. The molecule has 0 saturated heterocycles. The number of carboxylic acid groups (broad SMARTS) is 1. The molecule has 0 aliphatic heterocycles. The van der Waals surface area contributed by atoms with Gasteiger partial charge in [-0.05, 0) is 25.1 Å². The Kier molecular flexibility index (Phi) is 3.10. The van der Waals surface area contributed by atoms with Gasteiger partial charge in [-0.2, -0.15) is 5.10 Å². The fourth-order valence-electron chi connectivity index (χ4n) is 1.62. The van der Waals surface area contributed by atoms with Crippen molar-refractivity contribution in [3.05, 3.63) is 41.6 Å². The molecular formula is C12H10F2N2O2. The molecule has 0 aliphatic carbocycles. The summed E-state index contributed by atoms with van der Waals surface area (Å²) in [6, 6.07) is 2.85. The number of rotatable bonds is 3. The van der Waals surface area contributed by atoms with E-state index in [-0.39, 0.29) is 16.8 Å². The van der Waals surface area contributed by atoms with Crippen molar-refractivity contribution in [1.82, 2.24) is 9.78 Å². The SMILES string of the molecule is CCn1cc(C(=O)O)c(-c2cc(F)ccc2F)n1. The predicted molar refractivity (Wildman–Crippen MR) is 60.2 cm³/mol. The number of aryl methyl sites for hydroxylation is 1. The summed E-state index contributed by atoms with van der Waals surface area (Å²) in [7, 11) is 0. The third-order valence-corrected chi connectivity index (χ3v) is 2.50. The smallest absolute Gasteiger partial charge is 0.339 e. The molecule has 6 heteroatoms. The van der Waals surface area contributed by atoms with Crippen LogP contribution in [0.15, 0.2) is 24.4 Å². The molecule has 0 amide bonds. The fourth-order valence-corrected chi connectivity index (χ4v) is 1.62. The van der Waals surface area contributed by atoms with E-state index in [0.29, 0.717) is 6.54 Å². The van der Waals surface area contributed by atoms with E-state index in [1.165, 1.54) is 10.9 Å². The Morgan fingerprint density at radius 3 is 2.78 bits per heavy atom. The average Bonchev–Trinajstić information content (AvgIpc) is 2.76. The monoisotopic (exact) mass is 252 g/mol. The van der Waals surface area contributed by atoms with E-state index in [2.05, 4.69) is 5.10 Å². The van der Waals surface area contributed by atoms with E-state index < -0.39 is 17.6 Å². The minimum absolute atomic E-state index is 0.0682. The third-order valence-electron chi connectivity index (χ3n) is 2.50. The molecule has 0 spiro atoms. The van der Waals surface area contributed by atoms with E-state index in [0.717, 1.165) is 18.2 Å². The van der Waals surface area contributed by atoms with Crippen molar-refractivity contribution in [3.63, 3.8) is 0 Å². The van der Waals surface area contributed by atoms with Gasteiger partial charge in [-0.25, -0.2) is 13.6 Å². The third kappa shape index (κ3) is 2.09. The first-order chi connectivity index (χ1) is 8.52. The van der Waals surface area contributed by atoms with Crippen LogP contribution in [0.4, 0.5) is 8.78 Å². The molecule has 18 heavy (non-hydrogen) atoms. The van der Waals surface area contributed by atoms with Gasteiger partial charge in [0.1, 0.15) is 22.9 Å². The predicted octanol–water partition coefficient (Wildman–Crippen LogP) is 2.55. The van der Waals surface area contributed by atoms with Gasteiger partial charge in [0, 0.05) is 18.3 Å². The second-order valence-corrected chi connectivity index (χ2v) is 3.68. The van der Waals surface area contributed by atoms with Crippen LogP contribution in [0.25, 0.3) is 11.3 Å². The summed E-state index contributed by atoms with van der Waals surface area (Å²) >= 11 is 0. The maximum absolute atomic E-state index is 13.6. The molecule has 1 heterocycles. The van der Waals surface area contributed by atoms with Gasteiger partial charge in [-0.15, -0.1) is 0 Å². The molecule has 94 valence electrons. The molecule has 1 aromatic heterocycles. The van der Waals surface area contributed by atoms with Crippen molar-refractivity contribution in [2.24, 2.45) is 0 Å². The van der Waals surface area contributed by atoms with Gasteiger partial charge in [0.2, 0.25) is 0 Å². The Hall–Kier alpha value is -2.24. The number of aromatic nitrogens is 2. The minimum Gasteiger partial charge on any atom is -0.478 e. The molecule has 2 rings (SSSR count). The minimum atomic E-state index is -1.23. The highest BCUT2D eigenvalue weighted by atomic mass is 19.1. The zero-order valence-corrected chi connectivity index (χ0v) is 9.52. The van der Waals surface area contributed by atoms with Crippen LogP contribution in [-0.2, 0) is 6.54 Å². The first-order valence-corrected chi connectivity index (χ1v) is 5.29. The van der Waals surface area contributed by atoms with Crippen LogP contribution in [0.5, 0.6) is 0 Å². The van der Waals surface area contributed by atoms with E-state index in [4.69, 9.17) is 5.11 Å². The van der Waals surface area contributed by atoms with Crippen LogP contribution in [0.3, 0.4) is 0 Å². The second kappa shape index (κ2) is 4.56. The van der Waals surface area contributed by atoms with Crippen LogP contribution < -0.4 is 0 Å². The van der Waals surface area contributed by atoms with E-state index in [1.54, 1.807) is 6.92 Å². The lowest BCUT2D eigenvalue weighted by atomic mass is 10.1. The summed E-state index contributed by atoms with van der Waals surface area (Å²) in [5.74, 6) is -2.58. The maximum atomic E-state index is 13.6. The average molecular weight is 252 g/mol. The zero-order valence-electron chi connectivity index (χ0n) is 9.52. The normalized spacial score (nSPS) is 10.6. The highest BCUT2D eigenvalue weighted by Gasteiger charge is 2.19. The van der Waals surface area contributed by atoms with E-state index in [1.807, 2.05) is 0 Å². The number of nitrogens with zero attached hydrogens (tertiary/aromatic N) is 2. The standard InChI is InChI=1S/C12H10F2N2O2/c1-2-16-6-9(12(17)18)11(15-16)8-5-7(13)3-4-10(8)14/h3-6H,2H2,1H3,(H,17,18). The van der Waals surface area contributed by atoms with E-state index >= 15 is 0 Å². The van der Waals surface area contributed by atoms with Crippen LogP contribution >= 0.6 is 0 Å². The summed E-state index contributed by atoms with van der Waals surface area (Å²) in [6.07, 6.45) is 1.29. The molecule has 0 aliphatic rings. The van der Waals surface area contributed by atoms with Crippen LogP contribution in [0.1, 0.15) is 17.3 Å². The van der Waals surface area contributed by atoms with Crippen molar-refractivity contribution < 1.29 is 18.7 Å². The molecule has 2 aromatic rings. The van der Waals surface area contributed by atoms with E-state index in [9.17, 15) is 13.6 Å². The Morgan fingerprint density at radius 2 is 2.17 bits per heavy atom. The second-order valence-electron chi connectivity index (χ2n) is 3.68. The van der Waals surface area contributed by atoms with Crippen LogP contribution in [0, 0.1) is 11.6 Å². The number of carboxylic acids is 1. The summed E-state index contributed by atoms with van der Waals surface area (Å²) in [5.41, 5.74) is -0.373. The topological polar surface area (TPSA) is 55.1 Å². The molecule has 0 unspecified atom stereocenters. The Bertz CT molecular complexity index is 608. The molecule has 0 bridgehead atoms. The van der Waals surface area contributed by atoms with Crippen LogP contribution in [0.2, 0.25) is 0 Å². The summed E-state index contributed by atoms with van der Waals surface area (Å²) in [4.78, 5) is 11.1. The summed E-state index contributed by atoms with van der Waals surface area (Å²) in [6.45, 7) is 2.21. The van der Waals surface area contributed by atoms with Crippen molar-refractivity contribution in [2.45, 2.75) is 13.5 Å². The van der Waals surface area contributed by atoms with Crippen molar-refractivity contribution in [3.8, 4) is 11.3 Å². The largest absolute Gasteiger partial charge is 0.478 e. The Morgan fingerprint density at radius 1 is 1.44 bits per heavy atom. The molecular weight excluding hydrogens is 242 g/mol. The van der Waals surface area contributed by atoms with Gasteiger partial charge in [0.05, 0.1) is 0 Å². The van der Waals surface area contributed by atoms with Gasteiger partial charge < -0.3 is 5.11 Å². The quantitative estimate of drug-likeness (QED) is 0.913. The Labute approximate surface area is 101 Å². The number of halogens is 2. The fraction of sp³-hybridized carbons (Fsp3) is 0.167. The molecule has 4 nitrogen and oxygen atoms in total. The highest BCUT2D eigenvalue weighted by molar-refractivity contribution is 5.94. The van der Waals surface area contributed by atoms with Crippen molar-refractivity contribution in [1.29, 1.82) is 0 Å². The molecule has 0 radical (unpaired) electrons. The van der Waals surface area contributed by atoms with Gasteiger partial charge in [-0.1, -0.05) is 0 Å². The summed E-state index contributed by atoms with van der Waals surface area (Å²) in [5, 5.41) is 13.0. The molecule has 0 atom stereocenters. The molecule has 1 aromatic carbocycles. The molecule has 0 saturated carbocycles. The summed E-state index contributed by atoms with van der Waals surface area (Å²) < 4.78 is 28.1. The van der Waals surface area contributed by atoms with Gasteiger partial charge in [0.25, 0.3) is 0 Å². The number of carbonyl (C=O) groups is 1. The number of hydrogen-bond donors (Lipinski definition) is 1. The van der Waals surface area contributed by atoms with Gasteiger partial charge in [-0.3, -0.25) is 4.68 Å².